The zero-order valence-electron chi connectivity index (χ0n) is 11.8. The number of aromatic nitrogens is 4. The molecule has 2 aliphatic rings. The second-order valence-electron chi connectivity index (χ2n) is 5.56. The van der Waals surface area contributed by atoms with Crippen molar-refractivity contribution in [1.29, 1.82) is 0 Å². The van der Waals surface area contributed by atoms with Gasteiger partial charge >= 0.3 is 0 Å². The Labute approximate surface area is 122 Å². The van der Waals surface area contributed by atoms with Crippen LogP contribution >= 0.6 is 0 Å². The number of hydrogen-bond donors (Lipinski definition) is 0. The lowest BCUT2D eigenvalue weighted by molar-refractivity contribution is 0.0763. The number of nitrogens with zero attached hydrogens (tertiary/aromatic N) is 5. The Bertz CT molecular complexity index is 617. The van der Waals surface area contributed by atoms with Crippen molar-refractivity contribution in [2.45, 2.75) is 37.8 Å². The number of hydrogen-bond acceptors (Lipinski definition) is 7. The molecule has 21 heavy (non-hydrogen) atoms. The van der Waals surface area contributed by atoms with Gasteiger partial charge in [-0.25, -0.2) is 9.97 Å². The van der Waals surface area contributed by atoms with Gasteiger partial charge in [-0.2, -0.15) is 0 Å². The molecule has 0 aliphatic carbocycles. The van der Waals surface area contributed by atoms with Gasteiger partial charge in [-0.15, -0.1) is 10.2 Å². The molecule has 0 unspecified atom stereocenters. The average molecular weight is 287 g/mol. The van der Waals surface area contributed by atoms with Crippen molar-refractivity contribution in [3.8, 4) is 0 Å². The molecule has 7 heteroatoms. The van der Waals surface area contributed by atoms with E-state index in [0.717, 1.165) is 31.9 Å². The maximum Gasteiger partial charge on any atom is 0.225 e. The van der Waals surface area contributed by atoms with Crippen molar-refractivity contribution in [2.75, 3.05) is 18.1 Å². The molecule has 4 heterocycles. The van der Waals surface area contributed by atoms with Gasteiger partial charge in [0, 0.05) is 32.5 Å². The molecule has 3 atom stereocenters. The van der Waals surface area contributed by atoms with E-state index >= 15 is 0 Å². The van der Waals surface area contributed by atoms with Crippen LogP contribution in [0, 0.1) is 6.92 Å². The highest BCUT2D eigenvalue weighted by Crippen LogP contribution is 2.37. The van der Waals surface area contributed by atoms with Crippen LogP contribution in [0.4, 0.5) is 5.95 Å². The summed E-state index contributed by atoms with van der Waals surface area (Å²) in [6.45, 7) is 3.39. The molecule has 0 aromatic carbocycles. The summed E-state index contributed by atoms with van der Waals surface area (Å²) < 4.78 is 11.5. The van der Waals surface area contributed by atoms with Gasteiger partial charge in [0.2, 0.25) is 17.7 Å². The first-order valence-electron chi connectivity index (χ1n) is 7.26. The highest BCUT2D eigenvalue weighted by Gasteiger charge is 2.43. The SMILES string of the molecule is Cc1nnc([C@@H]2C[C@H]3OCC[C@H]3N(c3ncccn3)C2)o1. The van der Waals surface area contributed by atoms with Crippen molar-refractivity contribution in [3.63, 3.8) is 0 Å². The number of piperidine rings is 1. The first-order chi connectivity index (χ1) is 10.3. The Kier molecular flexibility index (Phi) is 3.07. The summed E-state index contributed by atoms with van der Waals surface area (Å²) in [5, 5.41) is 8.11. The van der Waals surface area contributed by atoms with Crippen molar-refractivity contribution in [2.24, 2.45) is 0 Å². The Morgan fingerprint density at radius 2 is 2.10 bits per heavy atom. The van der Waals surface area contributed by atoms with E-state index in [4.69, 9.17) is 9.15 Å². The van der Waals surface area contributed by atoms with Gasteiger partial charge in [0.05, 0.1) is 18.1 Å². The van der Waals surface area contributed by atoms with Crippen molar-refractivity contribution < 1.29 is 9.15 Å². The third-order valence-electron chi connectivity index (χ3n) is 4.21. The van der Waals surface area contributed by atoms with Crippen LogP contribution < -0.4 is 4.90 Å². The standard InChI is InChI=1S/C14H17N5O2/c1-9-17-18-13(21-9)10-7-12-11(3-6-20-12)19(8-10)14-15-4-2-5-16-14/h2,4-5,10-12H,3,6-8H2,1H3/t10-,11-,12-/m1/s1. The van der Waals surface area contributed by atoms with Crippen LogP contribution in [0.3, 0.4) is 0 Å². The van der Waals surface area contributed by atoms with Crippen LogP contribution in [-0.4, -0.2) is 45.5 Å². The van der Waals surface area contributed by atoms with Crippen molar-refractivity contribution in [3.05, 3.63) is 30.2 Å². The van der Waals surface area contributed by atoms with Crippen molar-refractivity contribution >= 4 is 5.95 Å². The Hall–Kier alpha value is -2.02. The summed E-state index contributed by atoms with van der Waals surface area (Å²) in [5.41, 5.74) is 0. The summed E-state index contributed by atoms with van der Waals surface area (Å²) in [5.74, 6) is 2.19. The minimum Gasteiger partial charge on any atom is -0.425 e. The van der Waals surface area contributed by atoms with Gasteiger partial charge in [0.1, 0.15) is 0 Å². The zero-order chi connectivity index (χ0) is 14.2. The quantitative estimate of drug-likeness (QED) is 0.824. The molecular formula is C14H17N5O2. The van der Waals surface area contributed by atoms with E-state index < -0.39 is 0 Å². The van der Waals surface area contributed by atoms with Gasteiger partial charge < -0.3 is 14.1 Å². The highest BCUT2D eigenvalue weighted by molar-refractivity contribution is 5.34. The topological polar surface area (TPSA) is 77.2 Å². The summed E-state index contributed by atoms with van der Waals surface area (Å²) in [7, 11) is 0. The van der Waals surface area contributed by atoms with Gasteiger partial charge in [-0.3, -0.25) is 0 Å². The minimum absolute atomic E-state index is 0.161. The van der Waals surface area contributed by atoms with Crippen molar-refractivity contribution in [1.82, 2.24) is 20.2 Å². The maximum atomic E-state index is 5.88. The van der Waals surface area contributed by atoms with Gasteiger partial charge in [-0.05, 0) is 18.9 Å². The lowest BCUT2D eigenvalue weighted by Gasteiger charge is -2.39. The molecule has 2 aromatic heterocycles. The normalized spacial score (nSPS) is 28.6. The predicted octanol–water partition coefficient (Wildman–Crippen LogP) is 1.32. The van der Waals surface area contributed by atoms with E-state index in [1.54, 1.807) is 12.4 Å². The van der Waals surface area contributed by atoms with Gasteiger partial charge in [0.15, 0.2) is 0 Å². The van der Waals surface area contributed by atoms with Crippen LogP contribution in [0.2, 0.25) is 0 Å². The minimum atomic E-state index is 0.161. The molecule has 0 N–H and O–H groups in total. The monoisotopic (exact) mass is 287 g/mol. The summed E-state index contributed by atoms with van der Waals surface area (Å²) in [6, 6.07) is 2.17. The first kappa shape index (κ1) is 12.7. The second kappa shape index (κ2) is 5.07. The van der Waals surface area contributed by atoms with E-state index in [1.807, 2.05) is 13.0 Å². The fourth-order valence-electron chi connectivity index (χ4n) is 3.27. The predicted molar refractivity (Wildman–Crippen MR) is 73.9 cm³/mol. The van der Waals surface area contributed by atoms with E-state index in [2.05, 4.69) is 25.1 Å². The Morgan fingerprint density at radius 3 is 2.86 bits per heavy atom. The number of anilines is 1. The van der Waals surface area contributed by atoms with Crippen LogP contribution in [0.25, 0.3) is 0 Å². The average Bonchev–Trinajstić information content (AvgIpc) is 3.15. The van der Waals surface area contributed by atoms with Crippen LogP contribution in [0.1, 0.15) is 30.5 Å². The highest BCUT2D eigenvalue weighted by atomic mass is 16.5. The molecule has 0 bridgehead atoms. The number of aryl methyl sites for hydroxylation is 1. The summed E-state index contributed by atoms with van der Waals surface area (Å²) >= 11 is 0. The second-order valence-corrected chi connectivity index (χ2v) is 5.56. The van der Waals surface area contributed by atoms with Gasteiger partial charge in [-0.1, -0.05) is 0 Å². The number of rotatable bonds is 2. The molecule has 2 fully saturated rings. The molecule has 110 valence electrons. The van der Waals surface area contributed by atoms with Crippen LogP contribution in [-0.2, 0) is 4.74 Å². The maximum absolute atomic E-state index is 5.88. The smallest absolute Gasteiger partial charge is 0.225 e. The fourth-order valence-corrected chi connectivity index (χ4v) is 3.27. The van der Waals surface area contributed by atoms with E-state index in [9.17, 15) is 0 Å². The molecule has 7 nitrogen and oxygen atoms in total. The Morgan fingerprint density at radius 1 is 1.24 bits per heavy atom. The zero-order valence-corrected chi connectivity index (χ0v) is 11.8. The molecule has 2 saturated heterocycles. The Balaban J connectivity index is 1.65. The summed E-state index contributed by atoms with van der Waals surface area (Å²) in [6.07, 6.45) is 5.65. The third kappa shape index (κ3) is 2.27. The summed E-state index contributed by atoms with van der Waals surface area (Å²) in [4.78, 5) is 11.0. The van der Waals surface area contributed by atoms with Crippen LogP contribution in [0.15, 0.2) is 22.9 Å². The molecule has 0 amide bonds. The fraction of sp³-hybridized carbons (Fsp3) is 0.571. The van der Waals surface area contributed by atoms with Gasteiger partial charge in [0.25, 0.3) is 0 Å². The van der Waals surface area contributed by atoms with E-state index in [0.29, 0.717) is 17.8 Å². The third-order valence-corrected chi connectivity index (χ3v) is 4.21. The number of fused-ring (bicyclic) bond motifs is 1. The lowest BCUT2D eigenvalue weighted by Crippen LogP contribution is -2.49. The molecule has 2 aliphatic heterocycles. The molecular weight excluding hydrogens is 270 g/mol. The molecule has 0 radical (unpaired) electrons. The van der Waals surface area contributed by atoms with E-state index in [1.165, 1.54) is 0 Å². The van der Waals surface area contributed by atoms with Crippen LogP contribution in [0.5, 0.6) is 0 Å². The van der Waals surface area contributed by atoms with E-state index in [-0.39, 0.29) is 12.0 Å². The molecule has 0 spiro atoms. The number of ether oxygens (including phenoxy) is 1. The molecule has 2 aromatic rings. The first-order valence-corrected chi connectivity index (χ1v) is 7.26. The largest absolute Gasteiger partial charge is 0.425 e. The lowest BCUT2D eigenvalue weighted by atomic mass is 9.90. The molecule has 0 saturated carbocycles. The molecule has 4 rings (SSSR count).